The molecule has 2 aromatic carbocycles. The molecule has 0 aromatic heterocycles. The lowest BCUT2D eigenvalue weighted by molar-refractivity contribution is -0.132. The molecule has 2 aromatic rings. The first-order chi connectivity index (χ1) is 15.8. The van der Waals surface area contributed by atoms with Crippen molar-refractivity contribution in [2.75, 3.05) is 20.7 Å². The van der Waals surface area contributed by atoms with Crippen molar-refractivity contribution in [2.24, 2.45) is 16.1 Å². The van der Waals surface area contributed by atoms with E-state index in [9.17, 15) is 10.1 Å². The number of carbonyl (C=O) groups excluding carboxylic acids is 1. The van der Waals surface area contributed by atoms with E-state index < -0.39 is 11.0 Å². The molecule has 5 rings (SSSR count). The topological polar surface area (TPSA) is 91.7 Å². The van der Waals surface area contributed by atoms with Gasteiger partial charge in [-0.05, 0) is 67.0 Å². The number of Topliss-reactive ketones (excluding diaryl/α,β-unsaturated/α-hetero) is 1. The number of ketones is 1. The monoisotopic (exact) mass is 446 g/mol. The average molecular weight is 447 g/mol. The lowest BCUT2D eigenvalue weighted by atomic mass is 9.59. The van der Waals surface area contributed by atoms with Crippen LogP contribution >= 0.6 is 0 Å². The summed E-state index contributed by atoms with van der Waals surface area (Å²) in [5.74, 6) is -0.0930. The lowest BCUT2D eigenvalue weighted by Crippen LogP contribution is -2.58. The molecule has 3 aliphatic rings. The number of nitriles is 1. The van der Waals surface area contributed by atoms with Gasteiger partial charge in [0.25, 0.3) is 0 Å². The van der Waals surface area contributed by atoms with E-state index in [4.69, 9.17) is 15.5 Å². The molecule has 170 valence electrons. The van der Waals surface area contributed by atoms with Crippen LogP contribution < -0.4 is 5.73 Å². The molecule has 1 saturated carbocycles. The third-order valence-corrected chi connectivity index (χ3v) is 7.88. The van der Waals surface area contributed by atoms with E-state index in [0.29, 0.717) is 36.0 Å². The fourth-order valence-electron chi connectivity index (χ4n) is 6.19. The highest BCUT2D eigenvalue weighted by atomic mass is 19.1. The highest BCUT2D eigenvalue weighted by Gasteiger charge is 2.65. The Hall–Kier alpha value is -3.24. The van der Waals surface area contributed by atoms with E-state index in [0.717, 1.165) is 24.0 Å². The molecule has 2 aliphatic carbocycles. The summed E-state index contributed by atoms with van der Waals surface area (Å²) in [6, 6.07) is 12.5. The maximum absolute atomic E-state index is 15.4. The second-order valence-electron chi connectivity index (χ2n) is 9.49. The quantitative estimate of drug-likeness (QED) is 0.762. The molecule has 2 spiro atoms. The largest absolute Gasteiger partial charge is 0.381 e. The van der Waals surface area contributed by atoms with E-state index in [1.807, 2.05) is 6.07 Å². The van der Waals surface area contributed by atoms with Crippen LogP contribution in [0.1, 0.15) is 42.4 Å². The summed E-state index contributed by atoms with van der Waals surface area (Å²) >= 11 is 0. The molecule has 0 amide bonds. The van der Waals surface area contributed by atoms with Gasteiger partial charge in [-0.2, -0.15) is 5.26 Å². The van der Waals surface area contributed by atoms with E-state index in [-0.39, 0.29) is 30.2 Å². The summed E-state index contributed by atoms with van der Waals surface area (Å²) in [5.41, 5.74) is 7.70. The number of benzene rings is 2. The van der Waals surface area contributed by atoms with Crippen molar-refractivity contribution in [3.8, 4) is 17.2 Å². The maximum atomic E-state index is 15.4. The van der Waals surface area contributed by atoms with Crippen LogP contribution in [-0.4, -0.2) is 43.4 Å². The van der Waals surface area contributed by atoms with Crippen LogP contribution in [0.15, 0.2) is 41.4 Å². The molecule has 1 aliphatic heterocycles. The zero-order chi connectivity index (χ0) is 23.4. The van der Waals surface area contributed by atoms with Gasteiger partial charge in [-0.25, -0.2) is 9.38 Å². The molecule has 7 heteroatoms. The van der Waals surface area contributed by atoms with Crippen LogP contribution in [-0.2, 0) is 21.5 Å². The van der Waals surface area contributed by atoms with Crippen LogP contribution in [0.5, 0.6) is 0 Å². The van der Waals surface area contributed by atoms with Crippen LogP contribution in [0, 0.1) is 22.6 Å². The van der Waals surface area contributed by atoms with Gasteiger partial charge in [0, 0.05) is 25.1 Å². The van der Waals surface area contributed by atoms with E-state index >= 15 is 4.39 Å². The second kappa shape index (κ2) is 7.67. The van der Waals surface area contributed by atoms with Crippen LogP contribution in [0.25, 0.3) is 11.1 Å². The fraction of sp³-hybridized carbons (Fsp3) is 0.423. The Kier molecular flexibility index (Phi) is 5.02. The van der Waals surface area contributed by atoms with E-state index in [1.165, 1.54) is 6.07 Å². The number of likely N-dealkylation sites (N-methyl/N-ethyl adjacent to an activating group) is 1. The van der Waals surface area contributed by atoms with Gasteiger partial charge >= 0.3 is 0 Å². The lowest BCUT2D eigenvalue weighted by Gasteiger charge is -2.49. The number of halogens is 1. The van der Waals surface area contributed by atoms with Crippen molar-refractivity contribution >= 4 is 11.7 Å². The predicted molar refractivity (Wildman–Crippen MR) is 123 cm³/mol. The standard InChI is InChI=1S/C26H27FN4O2/c1-31-15-22(32)26(30-24(31)29)23-19(17-5-3-4-16(12-17)14-28)6-7-21(27)20(23)13-25(26)10-8-18(33-2)9-11-25/h3-7,12,18H,8-11,13,15H2,1-2H3,(H2,29,30)/t18-,25-,26?. The third kappa shape index (κ3) is 3.01. The van der Waals surface area contributed by atoms with Gasteiger partial charge in [-0.1, -0.05) is 18.2 Å². The number of carbonyl (C=O) groups is 1. The van der Waals surface area contributed by atoms with Crippen molar-refractivity contribution in [3.05, 3.63) is 58.9 Å². The van der Waals surface area contributed by atoms with Gasteiger partial charge in [0.15, 0.2) is 17.3 Å². The first kappa shape index (κ1) is 21.6. The van der Waals surface area contributed by atoms with Gasteiger partial charge in [0.2, 0.25) is 0 Å². The predicted octanol–water partition coefficient (Wildman–Crippen LogP) is 3.52. The van der Waals surface area contributed by atoms with E-state index in [1.54, 1.807) is 43.3 Å². The molecule has 2 N–H and O–H groups in total. The van der Waals surface area contributed by atoms with Crippen LogP contribution in [0.3, 0.4) is 0 Å². The fourth-order valence-corrected chi connectivity index (χ4v) is 6.19. The molecule has 6 nitrogen and oxygen atoms in total. The number of methoxy groups -OCH3 is 1. The number of nitrogens with two attached hydrogens (primary N) is 1. The number of hydrogen-bond donors (Lipinski definition) is 1. The maximum Gasteiger partial charge on any atom is 0.192 e. The number of guanidine groups is 1. The smallest absolute Gasteiger partial charge is 0.192 e. The first-order valence-electron chi connectivity index (χ1n) is 11.3. The molecule has 0 saturated heterocycles. The highest BCUT2D eigenvalue weighted by molar-refractivity contribution is 6.02. The second-order valence-corrected chi connectivity index (χ2v) is 9.49. The molecular weight excluding hydrogens is 419 g/mol. The Morgan fingerprint density at radius 2 is 2.03 bits per heavy atom. The highest BCUT2D eigenvalue weighted by Crippen LogP contribution is 2.63. The van der Waals surface area contributed by atoms with Crippen molar-refractivity contribution < 1.29 is 13.9 Å². The number of ether oxygens (including phenoxy) is 1. The number of fused-ring (bicyclic) bond motifs is 3. The normalized spacial score (nSPS) is 28.7. The number of nitrogens with zero attached hydrogens (tertiary/aromatic N) is 3. The zero-order valence-corrected chi connectivity index (χ0v) is 18.9. The minimum Gasteiger partial charge on any atom is -0.381 e. The number of rotatable bonds is 2. The summed E-state index contributed by atoms with van der Waals surface area (Å²) in [6.45, 7) is 0.123. The Morgan fingerprint density at radius 3 is 2.73 bits per heavy atom. The van der Waals surface area contributed by atoms with Crippen LogP contribution in [0.4, 0.5) is 4.39 Å². The van der Waals surface area contributed by atoms with Gasteiger partial charge in [-0.15, -0.1) is 0 Å². The first-order valence-corrected chi connectivity index (χ1v) is 11.3. The van der Waals surface area contributed by atoms with Gasteiger partial charge in [0.05, 0.1) is 24.3 Å². The molecule has 0 radical (unpaired) electrons. The summed E-state index contributed by atoms with van der Waals surface area (Å²) in [5, 5.41) is 9.42. The SMILES string of the molecule is CO[C@H]1CC[C@]2(CC1)Cc1c(F)ccc(-c3cccc(C#N)c3)c1C21N=C(N)N(C)CC1=O. The summed E-state index contributed by atoms with van der Waals surface area (Å²) in [6.07, 6.45) is 3.52. The molecule has 1 unspecified atom stereocenters. The molecule has 1 fully saturated rings. The number of hydrogen-bond acceptors (Lipinski definition) is 6. The third-order valence-electron chi connectivity index (χ3n) is 7.88. The van der Waals surface area contributed by atoms with Crippen molar-refractivity contribution in [1.82, 2.24) is 4.90 Å². The summed E-state index contributed by atoms with van der Waals surface area (Å²) in [4.78, 5) is 20.5. The summed E-state index contributed by atoms with van der Waals surface area (Å²) < 4.78 is 21.0. The van der Waals surface area contributed by atoms with E-state index in [2.05, 4.69) is 6.07 Å². The van der Waals surface area contributed by atoms with Crippen LogP contribution in [0.2, 0.25) is 0 Å². The van der Waals surface area contributed by atoms with Crippen molar-refractivity contribution in [2.45, 2.75) is 43.7 Å². The van der Waals surface area contributed by atoms with Gasteiger partial charge < -0.3 is 15.4 Å². The molecule has 1 atom stereocenters. The minimum atomic E-state index is -1.25. The minimum absolute atomic E-state index is 0.0582. The van der Waals surface area contributed by atoms with Crippen molar-refractivity contribution in [1.29, 1.82) is 5.26 Å². The molecule has 1 heterocycles. The number of aliphatic imine (C=N–C) groups is 1. The van der Waals surface area contributed by atoms with Gasteiger partial charge in [0.1, 0.15) is 5.82 Å². The Balaban J connectivity index is 1.80. The Labute approximate surface area is 192 Å². The van der Waals surface area contributed by atoms with Gasteiger partial charge in [-0.3, -0.25) is 4.79 Å². The zero-order valence-electron chi connectivity index (χ0n) is 18.9. The summed E-state index contributed by atoms with van der Waals surface area (Å²) in [7, 11) is 3.45. The molecular formula is C26H27FN4O2. The Morgan fingerprint density at radius 1 is 1.27 bits per heavy atom. The van der Waals surface area contributed by atoms with Crippen molar-refractivity contribution in [3.63, 3.8) is 0 Å². The average Bonchev–Trinajstić information content (AvgIpc) is 3.10. The molecule has 33 heavy (non-hydrogen) atoms. The molecule has 0 bridgehead atoms. The Bertz CT molecular complexity index is 1210.